The minimum atomic E-state index is 0.626. The van der Waals surface area contributed by atoms with Crippen LogP contribution in [0.3, 0.4) is 0 Å². The van der Waals surface area contributed by atoms with Crippen molar-refractivity contribution in [3.63, 3.8) is 0 Å². The highest BCUT2D eigenvalue weighted by molar-refractivity contribution is 5.58. The van der Waals surface area contributed by atoms with Crippen molar-refractivity contribution in [2.75, 3.05) is 29.9 Å². The summed E-state index contributed by atoms with van der Waals surface area (Å²) < 4.78 is 0. The summed E-state index contributed by atoms with van der Waals surface area (Å²) in [4.78, 5) is 11.8. The summed E-state index contributed by atoms with van der Waals surface area (Å²) in [5.74, 6) is 3.63. The van der Waals surface area contributed by atoms with Crippen LogP contribution in [-0.4, -0.2) is 29.6 Å². The molecule has 20 heavy (non-hydrogen) atoms. The molecule has 1 N–H and O–H groups in total. The molecule has 1 aromatic rings. The lowest BCUT2D eigenvalue weighted by molar-refractivity contribution is 0.611. The van der Waals surface area contributed by atoms with Crippen molar-refractivity contribution < 1.29 is 0 Å². The molecule has 0 fully saturated rings. The van der Waals surface area contributed by atoms with Crippen LogP contribution in [0.2, 0.25) is 0 Å². The zero-order valence-corrected chi connectivity index (χ0v) is 14.0. The minimum Gasteiger partial charge on any atom is -0.370 e. The fraction of sp³-hybridized carbons (Fsp3) is 0.750. The summed E-state index contributed by atoms with van der Waals surface area (Å²) in [6, 6.07) is 0. The van der Waals surface area contributed by atoms with Gasteiger partial charge in [0.15, 0.2) is 0 Å². The second kappa shape index (κ2) is 8.08. The van der Waals surface area contributed by atoms with Crippen LogP contribution in [0.1, 0.15) is 52.4 Å². The molecule has 0 saturated carbocycles. The SMILES string of the molecule is CCCNc1nc(CC)nc(N(CC)CC(C)C)c1C. The van der Waals surface area contributed by atoms with Gasteiger partial charge >= 0.3 is 0 Å². The lowest BCUT2D eigenvalue weighted by Gasteiger charge is -2.27. The van der Waals surface area contributed by atoms with Gasteiger partial charge in [0, 0.05) is 31.6 Å². The summed E-state index contributed by atoms with van der Waals surface area (Å²) in [5.41, 5.74) is 1.16. The molecule has 1 rings (SSSR count). The van der Waals surface area contributed by atoms with Crippen LogP contribution >= 0.6 is 0 Å². The Bertz CT molecular complexity index is 415. The molecule has 0 bridgehead atoms. The van der Waals surface area contributed by atoms with E-state index in [0.717, 1.165) is 55.5 Å². The van der Waals surface area contributed by atoms with Crippen molar-refractivity contribution in [1.82, 2.24) is 9.97 Å². The second-order valence-electron chi connectivity index (χ2n) is 5.65. The standard InChI is InChI=1S/C16H30N4/c1-7-10-17-15-13(6)16(19-14(8-2)18-15)20(9-3)11-12(4)5/h12H,7-11H2,1-6H3,(H,17,18,19). The first kappa shape index (κ1) is 16.7. The molecule has 4 nitrogen and oxygen atoms in total. The Morgan fingerprint density at radius 3 is 2.35 bits per heavy atom. The third kappa shape index (κ3) is 4.36. The zero-order valence-electron chi connectivity index (χ0n) is 14.0. The smallest absolute Gasteiger partial charge is 0.137 e. The normalized spacial score (nSPS) is 10.9. The first-order chi connectivity index (χ1) is 9.53. The number of aryl methyl sites for hydroxylation is 1. The van der Waals surface area contributed by atoms with Crippen molar-refractivity contribution in [3.8, 4) is 0 Å². The van der Waals surface area contributed by atoms with Crippen LogP contribution in [0, 0.1) is 12.8 Å². The van der Waals surface area contributed by atoms with Gasteiger partial charge in [0.2, 0.25) is 0 Å². The highest BCUT2D eigenvalue weighted by Crippen LogP contribution is 2.24. The Labute approximate surface area is 124 Å². The van der Waals surface area contributed by atoms with E-state index in [-0.39, 0.29) is 0 Å². The molecule has 4 heteroatoms. The van der Waals surface area contributed by atoms with Crippen molar-refractivity contribution in [2.45, 2.75) is 54.4 Å². The largest absolute Gasteiger partial charge is 0.370 e. The zero-order chi connectivity index (χ0) is 15.1. The molecular formula is C16H30N4. The average Bonchev–Trinajstić information content (AvgIpc) is 2.43. The molecule has 1 aromatic heterocycles. The average molecular weight is 278 g/mol. The van der Waals surface area contributed by atoms with E-state index in [1.165, 1.54) is 0 Å². The molecule has 0 spiro atoms. The predicted octanol–water partition coefficient (Wildman–Crippen LogP) is 3.65. The van der Waals surface area contributed by atoms with Gasteiger partial charge in [-0.05, 0) is 26.2 Å². The Balaban J connectivity index is 3.14. The molecule has 0 unspecified atom stereocenters. The molecule has 0 aliphatic heterocycles. The Kier molecular flexibility index (Phi) is 6.76. The molecule has 1 heterocycles. The number of nitrogens with zero attached hydrogens (tertiary/aromatic N) is 3. The van der Waals surface area contributed by atoms with Crippen LogP contribution < -0.4 is 10.2 Å². The predicted molar refractivity (Wildman–Crippen MR) is 87.7 cm³/mol. The van der Waals surface area contributed by atoms with Gasteiger partial charge in [0.05, 0.1) is 0 Å². The number of nitrogens with one attached hydrogen (secondary N) is 1. The maximum Gasteiger partial charge on any atom is 0.137 e. The van der Waals surface area contributed by atoms with Gasteiger partial charge in [-0.15, -0.1) is 0 Å². The Morgan fingerprint density at radius 1 is 1.15 bits per heavy atom. The van der Waals surface area contributed by atoms with E-state index in [9.17, 15) is 0 Å². The molecule has 0 radical (unpaired) electrons. The highest BCUT2D eigenvalue weighted by Gasteiger charge is 2.16. The second-order valence-corrected chi connectivity index (χ2v) is 5.65. The van der Waals surface area contributed by atoms with Gasteiger partial charge in [-0.3, -0.25) is 0 Å². The molecule has 0 aromatic carbocycles. The lowest BCUT2D eigenvalue weighted by Crippen LogP contribution is -2.29. The van der Waals surface area contributed by atoms with Gasteiger partial charge in [0.1, 0.15) is 17.5 Å². The number of aromatic nitrogens is 2. The van der Waals surface area contributed by atoms with Crippen molar-refractivity contribution in [2.24, 2.45) is 5.92 Å². The monoisotopic (exact) mass is 278 g/mol. The minimum absolute atomic E-state index is 0.626. The quantitative estimate of drug-likeness (QED) is 0.788. The third-order valence-electron chi connectivity index (χ3n) is 3.29. The molecule has 0 aliphatic rings. The van der Waals surface area contributed by atoms with Crippen LogP contribution in [-0.2, 0) is 6.42 Å². The van der Waals surface area contributed by atoms with Gasteiger partial charge in [-0.2, -0.15) is 0 Å². The van der Waals surface area contributed by atoms with E-state index in [4.69, 9.17) is 4.98 Å². The van der Waals surface area contributed by atoms with Crippen LogP contribution in [0.25, 0.3) is 0 Å². The highest BCUT2D eigenvalue weighted by atomic mass is 15.2. The summed E-state index contributed by atoms with van der Waals surface area (Å²) in [5, 5.41) is 3.43. The number of anilines is 2. The Hall–Kier alpha value is -1.32. The van der Waals surface area contributed by atoms with E-state index in [1.807, 2.05) is 0 Å². The summed E-state index contributed by atoms with van der Waals surface area (Å²) in [6.45, 7) is 16.0. The summed E-state index contributed by atoms with van der Waals surface area (Å²) in [7, 11) is 0. The van der Waals surface area contributed by atoms with E-state index in [0.29, 0.717) is 5.92 Å². The van der Waals surface area contributed by atoms with E-state index in [1.54, 1.807) is 0 Å². The van der Waals surface area contributed by atoms with Gasteiger partial charge < -0.3 is 10.2 Å². The third-order valence-corrected chi connectivity index (χ3v) is 3.29. The molecule has 0 saturated heterocycles. The summed E-state index contributed by atoms with van der Waals surface area (Å²) >= 11 is 0. The topological polar surface area (TPSA) is 41.1 Å². The van der Waals surface area contributed by atoms with E-state index in [2.05, 4.69) is 56.7 Å². The van der Waals surface area contributed by atoms with Crippen LogP contribution in [0.5, 0.6) is 0 Å². The Morgan fingerprint density at radius 2 is 1.85 bits per heavy atom. The summed E-state index contributed by atoms with van der Waals surface area (Å²) in [6.07, 6.45) is 1.97. The molecule has 0 amide bonds. The van der Waals surface area contributed by atoms with E-state index < -0.39 is 0 Å². The first-order valence-electron chi connectivity index (χ1n) is 7.89. The number of hydrogen-bond donors (Lipinski definition) is 1. The van der Waals surface area contributed by atoms with Crippen LogP contribution in [0.15, 0.2) is 0 Å². The molecule has 0 atom stereocenters. The maximum atomic E-state index is 4.76. The maximum absolute atomic E-state index is 4.76. The first-order valence-corrected chi connectivity index (χ1v) is 7.89. The number of hydrogen-bond acceptors (Lipinski definition) is 4. The van der Waals surface area contributed by atoms with Gasteiger partial charge in [-0.25, -0.2) is 9.97 Å². The fourth-order valence-electron chi connectivity index (χ4n) is 2.24. The van der Waals surface area contributed by atoms with Crippen molar-refractivity contribution in [3.05, 3.63) is 11.4 Å². The van der Waals surface area contributed by atoms with Crippen molar-refractivity contribution in [1.29, 1.82) is 0 Å². The van der Waals surface area contributed by atoms with Gasteiger partial charge in [0.25, 0.3) is 0 Å². The molecule has 114 valence electrons. The van der Waals surface area contributed by atoms with Crippen molar-refractivity contribution >= 4 is 11.6 Å². The lowest BCUT2D eigenvalue weighted by atomic mass is 10.2. The fourth-order valence-corrected chi connectivity index (χ4v) is 2.24. The van der Waals surface area contributed by atoms with Crippen LogP contribution in [0.4, 0.5) is 11.6 Å². The van der Waals surface area contributed by atoms with E-state index >= 15 is 0 Å². The molecular weight excluding hydrogens is 248 g/mol. The molecule has 0 aliphatic carbocycles. The number of rotatable bonds is 8. The van der Waals surface area contributed by atoms with Gasteiger partial charge in [-0.1, -0.05) is 27.7 Å².